The van der Waals surface area contributed by atoms with Crippen molar-refractivity contribution in [2.75, 3.05) is 12.4 Å². The molecule has 0 saturated carbocycles. The van der Waals surface area contributed by atoms with Crippen molar-refractivity contribution in [2.24, 2.45) is 0 Å². The molecule has 0 atom stereocenters. The van der Waals surface area contributed by atoms with Crippen molar-refractivity contribution < 1.29 is 9.53 Å². The second-order valence-electron chi connectivity index (χ2n) is 3.74. The van der Waals surface area contributed by atoms with Crippen molar-refractivity contribution in [3.63, 3.8) is 0 Å². The monoisotopic (exact) mass is 264 g/mol. The molecular weight excluding hydrogens is 252 g/mol. The third kappa shape index (κ3) is 2.84. The predicted octanol–water partition coefficient (Wildman–Crippen LogP) is 3.07. The molecule has 0 fully saturated rings. The molecule has 0 saturated heterocycles. The van der Waals surface area contributed by atoms with E-state index >= 15 is 0 Å². The lowest BCUT2D eigenvalue weighted by atomic mass is 10.2. The number of nitrogens with one attached hydrogen (secondary N) is 2. The van der Waals surface area contributed by atoms with E-state index in [1.807, 2.05) is 18.3 Å². The number of hydrogen-bond acceptors (Lipinski definition) is 3. The van der Waals surface area contributed by atoms with Crippen LogP contribution in [0.1, 0.15) is 16.1 Å². The molecule has 2 aromatic rings. The molecule has 94 valence electrons. The number of hydrogen-bond donors (Lipinski definition) is 2. The average molecular weight is 265 g/mol. The number of aromatic amines is 1. The summed E-state index contributed by atoms with van der Waals surface area (Å²) in [4.78, 5) is 14.5. The van der Waals surface area contributed by atoms with Gasteiger partial charge in [0.25, 0.3) is 0 Å². The summed E-state index contributed by atoms with van der Waals surface area (Å²) < 4.78 is 4.67. The second-order valence-corrected chi connectivity index (χ2v) is 4.14. The lowest BCUT2D eigenvalue weighted by Gasteiger charge is -2.09. The van der Waals surface area contributed by atoms with Crippen LogP contribution in [0.4, 0.5) is 5.69 Å². The van der Waals surface area contributed by atoms with Gasteiger partial charge in [0.15, 0.2) is 0 Å². The number of anilines is 1. The van der Waals surface area contributed by atoms with E-state index in [9.17, 15) is 4.79 Å². The summed E-state index contributed by atoms with van der Waals surface area (Å²) in [6.45, 7) is 0.608. The standard InChI is InChI=1S/C13H13ClN2O2/c1-18-13(17)9-4-5-11(14)12(7-9)16-8-10-3-2-6-15-10/h2-7,15-16H,8H2,1H3. The zero-order chi connectivity index (χ0) is 13.0. The van der Waals surface area contributed by atoms with Gasteiger partial charge in [-0.15, -0.1) is 0 Å². The van der Waals surface area contributed by atoms with Crippen LogP contribution in [0.25, 0.3) is 0 Å². The molecule has 1 heterocycles. The number of aromatic nitrogens is 1. The zero-order valence-corrected chi connectivity index (χ0v) is 10.6. The molecule has 0 aliphatic rings. The van der Waals surface area contributed by atoms with E-state index < -0.39 is 0 Å². The van der Waals surface area contributed by atoms with E-state index in [0.717, 1.165) is 5.69 Å². The predicted molar refractivity (Wildman–Crippen MR) is 70.9 cm³/mol. The fraction of sp³-hybridized carbons (Fsp3) is 0.154. The van der Waals surface area contributed by atoms with Crippen molar-refractivity contribution in [1.82, 2.24) is 4.98 Å². The quantitative estimate of drug-likeness (QED) is 0.835. The van der Waals surface area contributed by atoms with Gasteiger partial charge >= 0.3 is 5.97 Å². The van der Waals surface area contributed by atoms with Gasteiger partial charge in [-0.1, -0.05) is 11.6 Å². The van der Waals surface area contributed by atoms with Crippen molar-refractivity contribution in [1.29, 1.82) is 0 Å². The van der Waals surface area contributed by atoms with Crippen LogP contribution >= 0.6 is 11.6 Å². The molecule has 1 aromatic heterocycles. The Kier molecular flexibility index (Phi) is 3.89. The summed E-state index contributed by atoms with van der Waals surface area (Å²) in [5, 5.41) is 3.73. The van der Waals surface area contributed by atoms with E-state index in [1.54, 1.807) is 18.2 Å². The minimum Gasteiger partial charge on any atom is -0.465 e. The van der Waals surface area contributed by atoms with Gasteiger partial charge in [0, 0.05) is 11.9 Å². The number of H-pyrrole nitrogens is 1. The Balaban J connectivity index is 2.13. The van der Waals surface area contributed by atoms with Crippen LogP contribution < -0.4 is 5.32 Å². The van der Waals surface area contributed by atoms with Crippen LogP contribution in [0.15, 0.2) is 36.5 Å². The van der Waals surface area contributed by atoms with Crippen LogP contribution in [0, 0.1) is 0 Å². The first kappa shape index (κ1) is 12.5. The molecule has 0 amide bonds. The maximum Gasteiger partial charge on any atom is 0.337 e. The van der Waals surface area contributed by atoms with Gasteiger partial charge in [0.2, 0.25) is 0 Å². The Labute approximate surface area is 110 Å². The zero-order valence-electron chi connectivity index (χ0n) is 9.87. The maximum atomic E-state index is 11.4. The number of ether oxygens (including phenoxy) is 1. The summed E-state index contributed by atoms with van der Waals surface area (Å²) >= 11 is 6.06. The first-order valence-corrected chi connectivity index (χ1v) is 5.82. The highest BCUT2D eigenvalue weighted by molar-refractivity contribution is 6.33. The van der Waals surface area contributed by atoms with E-state index in [1.165, 1.54) is 7.11 Å². The van der Waals surface area contributed by atoms with E-state index in [0.29, 0.717) is 22.8 Å². The fourth-order valence-electron chi connectivity index (χ4n) is 1.57. The van der Waals surface area contributed by atoms with E-state index in [2.05, 4.69) is 15.0 Å². The number of halogens is 1. The minimum absolute atomic E-state index is 0.380. The highest BCUT2D eigenvalue weighted by Gasteiger charge is 2.08. The lowest BCUT2D eigenvalue weighted by Crippen LogP contribution is -2.04. The maximum absolute atomic E-state index is 11.4. The van der Waals surface area contributed by atoms with Crippen molar-refractivity contribution in [3.05, 3.63) is 52.8 Å². The second kappa shape index (κ2) is 5.60. The number of rotatable bonds is 4. The largest absolute Gasteiger partial charge is 0.465 e. The number of carbonyl (C=O) groups is 1. The van der Waals surface area contributed by atoms with Gasteiger partial charge in [-0.2, -0.15) is 0 Å². The first-order chi connectivity index (χ1) is 8.70. The van der Waals surface area contributed by atoms with E-state index in [4.69, 9.17) is 11.6 Å². The minimum atomic E-state index is -0.380. The average Bonchev–Trinajstić information content (AvgIpc) is 2.90. The Morgan fingerprint density at radius 1 is 1.44 bits per heavy atom. The Morgan fingerprint density at radius 3 is 2.94 bits per heavy atom. The van der Waals surface area contributed by atoms with Crippen LogP contribution in [0.3, 0.4) is 0 Å². The van der Waals surface area contributed by atoms with Crippen molar-refractivity contribution in [3.8, 4) is 0 Å². The third-order valence-corrected chi connectivity index (χ3v) is 2.85. The van der Waals surface area contributed by atoms with Crippen LogP contribution in [0.5, 0.6) is 0 Å². The molecular formula is C13H13ClN2O2. The van der Waals surface area contributed by atoms with Gasteiger partial charge in [-0.05, 0) is 30.3 Å². The first-order valence-electron chi connectivity index (χ1n) is 5.44. The topological polar surface area (TPSA) is 54.1 Å². The Morgan fingerprint density at radius 2 is 2.28 bits per heavy atom. The lowest BCUT2D eigenvalue weighted by molar-refractivity contribution is 0.0601. The summed E-state index contributed by atoms with van der Waals surface area (Å²) in [5.74, 6) is -0.380. The number of carbonyl (C=O) groups excluding carboxylic acids is 1. The molecule has 2 N–H and O–H groups in total. The molecule has 1 aromatic carbocycles. The number of benzene rings is 1. The normalized spacial score (nSPS) is 10.1. The van der Waals surface area contributed by atoms with Crippen LogP contribution in [-0.2, 0) is 11.3 Å². The molecule has 4 nitrogen and oxygen atoms in total. The van der Waals surface area contributed by atoms with E-state index in [-0.39, 0.29) is 5.97 Å². The van der Waals surface area contributed by atoms with Crippen molar-refractivity contribution >= 4 is 23.3 Å². The summed E-state index contributed by atoms with van der Waals surface area (Å²) in [7, 11) is 1.35. The number of esters is 1. The number of methoxy groups -OCH3 is 1. The molecule has 0 bridgehead atoms. The summed E-state index contributed by atoms with van der Waals surface area (Å²) in [6.07, 6.45) is 1.85. The fourth-order valence-corrected chi connectivity index (χ4v) is 1.76. The highest BCUT2D eigenvalue weighted by atomic mass is 35.5. The van der Waals surface area contributed by atoms with Crippen molar-refractivity contribution in [2.45, 2.75) is 6.54 Å². The molecule has 0 spiro atoms. The molecule has 0 unspecified atom stereocenters. The van der Waals surface area contributed by atoms with Gasteiger partial charge in [-0.3, -0.25) is 0 Å². The summed E-state index contributed by atoms with van der Waals surface area (Å²) in [5.41, 5.74) is 2.21. The Bertz CT molecular complexity index is 538. The summed E-state index contributed by atoms with van der Waals surface area (Å²) in [6, 6.07) is 8.87. The van der Waals surface area contributed by atoms with Gasteiger partial charge in [0.1, 0.15) is 0 Å². The van der Waals surface area contributed by atoms with Gasteiger partial charge in [-0.25, -0.2) is 4.79 Å². The molecule has 2 rings (SSSR count). The smallest absolute Gasteiger partial charge is 0.337 e. The Hall–Kier alpha value is -1.94. The van der Waals surface area contributed by atoms with Crippen LogP contribution in [-0.4, -0.2) is 18.1 Å². The highest BCUT2D eigenvalue weighted by Crippen LogP contribution is 2.23. The van der Waals surface area contributed by atoms with Gasteiger partial charge < -0.3 is 15.0 Å². The van der Waals surface area contributed by atoms with Crippen LogP contribution in [0.2, 0.25) is 5.02 Å². The SMILES string of the molecule is COC(=O)c1ccc(Cl)c(NCc2ccc[nH]2)c1. The van der Waals surface area contributed by atoms with Gasteiger partial charge in [0.05, 0.1) is 29.9 Å². The molecule has 0 aliphatic carbocycles. The molecule has 18 heavy (non-hydrogen) atoms. The molecule has 0 radical (unpaired) electrons. The molecule has 5 heteroatoms. The molecule has 0 aliphatic heterocycles. The third-order valence-electron chi connectivity index (χ3n) is 2.52.